The van der Waals surface area contributed by atoms with E-state index in [4.69, 9.17) is 4.74 Å². The lowest BCUT2D eigenvalue weighted by Crippen LogP contribution is -2.31. The summed E-state index contributed by atoms with van der Waals surface area (Å²) in [6.45, 7) is 2.49. The van der Waals surface area contributed by atoms with Crippen molar-refractivity contribution in [1.82, 2.24) is 14.9 Å². The number of aliphatic hydroxyl groups excluding tert-OH is 1. The zero-order valence-electron chi connectivity index (χ0n) is 17.8. The molecule has 4 aromatic rings. The molecule has 0 spiro atoms. The summed E-state index contributed by atoms with van der Waals surface area (Å²) < 4.78 is 5.29. The number of hydrogen-bond donors (Lipinski definition) is 2. The summed E-state index contributed by atoms with van der Waals surface area (Å²) in [5.74, 6) is 1.20. The fraction of sp³-hybridized carbons (Fsp3) is 0.200. The van der Waals surface area contributed by atoms with Gasteiger partial charge in [0.1, 0.15) is 23.2 Å². The maximum Gasteiger partial charge on any atom is 0.152 e. The average molecular weight is 412 g/mol. The molecule has 31 heavy (non-hydrogen) atoms. The molecule has 2 N–H and O–H groups in total. The van der Waals surface area contributed by atoms with Crippen LogP contribution in [-0.2, 0) is 6.54 Å². The molecule has 0 unspecified atom stereocenters. The lowest BCUT2D eigenvalue weighted by Gasteiger charge is -2.25. The first kappa shape index (κ1) is 20.5. The van der Waals surface area contributed by atoms with Gasteiger partial charge in [-0.3, -0.25) is 4.90 Å². The molecule has 1 atom stereocenters. The summed E-state index contributed by atoms with van der Waals surface area (Å²) in [7, 11) is 3.58. The van der Waals surface area contributed by atoms with E-state index >= 15 is 0 Å². The maximum absolute atomic E-state index is 10.9. The van der Waals surface area contributed by atoms with Crippen molar-refractivity contribution in [2.75, 3.05) is 14.2 Å². The first-order valence-electron chi connectivity index (χ1n) is 10.1. The van der Waals surface area contributed by atoms with Gasteiger partial charge in [-0.15, -0.1) is 0 Å². The largest absolute Gasteiger partial charge is 0.509 e. The van der Waals surface area contributed by atoms with Crippen molar-refractivity contribution in [3.8, 4) is 11.8 Å². The van der Waals surface area contributed by atoms with Gasteiger partial charge in [-0.25, -0.2) is 4.98 Å². The van der Waals surface area contributed by atoms with Crippen molar-refractivity contribution in [3.63, 3.8) is 0 Å². The third-order valence-electron chi connectivity index (χ3n) is 5.59. The van der Waals surface area contributed by atoms with Crippen LogP contribution in [0.4, 0.5) is 0 Å². The predicted molar refractivity (Wildman–Crippen MR) is 123 cm³/mol. The number of allylic oxidation sites excluding steroid dienone is 1. The average Bonchev–Trinajstić information content (AvgIpc) is 3.22. The number of aromatic amines is 1. The van der Waals surface area contributed by atoms with Gasteiger partial charge in [0.05, 0.1) is 24.2 Å². The zero-order valence-corrected chi connectivity index (χ0v) is 17.8. The second-order valence-electron chi connectivity index (χ2n) is 7.61. The number of aliphatic hydroxyl groups is 1. The minimum absolute atomic E-state index is 0.00502. The fourth-order valence-corrected chi connectivity index (χ4v) is 3.64. The minimum Gasteiger partial charge on any atom is -0.509 e. The molecular formula is C25H24N4O2. The Hall–Kier alpha value is -3.82. The molecule has 0 aliphatic rings. The Morgan fingerprint density at radius 1 is 1.16 bits per heavy atom. The van der Waals surface area contributed by atoms with E-state index in [1.807, 2.05) is 61.3 Å². The molecule has 6 nitrogen and oxygen atoms in total. The van der Waals surface area contributed by atoms with Crippen molar-refractivity contribution < 1.29 is 9.84 Å². The van der Waals surface area contributed by atoms with Crippen LogP contribution >= 0.6 is 0 Å². The number of benzene rings is 3. The van der Waals surface area contributed by atoms with E-state index < -0.39 is 0 Å². The molecule has 0 amide bonds. The Morgan fingerprint density at radius 3 is 2.65 bits per heavy atom. The summed E-state index contributed by atoms with van der Waals surface area (Å²) >= 11 is 0. The van der Waals surface area contributed by atoms with Crippen LogP contribution in [-0.4, -0.2) is 40.2 Å². The monoisotopic (exact) mass is 412 g/mol. The number of H-pyrrole nitrogens is 1. The summed E-state index contributed by atoms with van der Waals surface area (Å²) in [6.07, 6.45) is 0. The molecule has 0 aliphatic heterocycles. The van der Waals surface area contributed by atoms with Crippen molar-refractivity contribution >= 4 is 27.4 Å². The third-order valence-corrected chi connectivity index (χ3v) is 5.59. The van der Waals surface area contributed by atoms with E-state index in [9.17, 15) is 10.4 Å². The lowest BCUT2D eigenvalue weighted by atomic mass is 10.1. The summed E-state index contributed by atoms with van der Waals surface area (Å²) in [5.41, 5.74) is 2.85. The zero-order chi connectivity index (χ0) is 22.0. The molecule has 0 radical (unpaired) electrons. The molecule has 0 bridgehead atoms. The molecule has 0 fully saturated rings. The molecule has 6 heteroatoms. The Balaban J connectivity index is 1.58. The van der Waals surface area contributed by atoms with Crippen LogP contribution in [0.25, 0.3) is 27.4 Å². The van der Waals surface area contributed by atoms with E-state index in [2.05, 4.69) is 34.2 Å². The molecular weight excluding hydrogens is 388 g/mol. The van der Waals surface area contributed by atoms with Crippen LogP contribution < -0.4 is 4.74 Å². The van der Waals surface area contributed by atoms with Crippen LogP contribution in [0.1, 0.15) is 18.3 Å². The van der Waals surface area contributed by atoms with E-state index in [1.165, 1.54) is 0 Å². The number of nitriles is 1. The van der Waals surface area contributed by atoms with Gasteiger partial charge < -0.3 is 14.8 Å². The molecule has 4 rings (SSSR count). The molecule has 1 heterocycles. The lowest BCUT2D eigenvalue weighted by molar-refractivity contribution is 0.217. The number of methoxy groups -OCH3 is 1. The molecule has 3 aromatic carbocycles. The number of fused-ring (bicyclic) bond motifs is 2. The smallest absolute Gasteiger partial charge is 0.152 e. The second-order valence-corrected chi connectivity index (χ2v) is 7.61. The van der Waals surface area contributed by atoms with Gasteiger partial charge in [0.15, 0.2) is 5.82 Å². The summed E-state index contributed by atoms with van der Waals surface area (Å²) in [4.78, 5) is 9.57. The van der Waals surface area contributed by atoms with Crippen molar-refractivity contribution in [1.29, 1.82) is 5.26 Å². The Morgan fingerprint density at radius 2 is 1.90 bits per heavy atom. The fourth-order valence-electron chi connectivity index (χ4n) is 3.64. The van der Waals surface area contributed by atoms with Crippen molar-refractivity contribution in [3.05, 3.63) is 77.8 Å². The van der Waals surface area contributed by atoms with Gasteiger partial charge in [0.25, 0.3) is 0 Å². The number of nitrogens with one attached hydrogen (secondary N) is 1. The van der Waals surface area contributed by atoms with E-state index in [-0.39, 0.29) is 17.4 Å². The highest BCUT2D eigenvalue weighted by molar-refractivity contribution is 5.85. The number of likely N-dealkylation sites (N-methyl/N-ethyl adjacent to an activating group) is 1. The minimum atomic E-state index is -0.366. The van der Waals surface area contributed by atoms with Gasteiger partial charge in [-0.1, -0.05) is 30.3 Å². The SMILES string of the molecule is COc1ccc2cc(CN(C)[C@H](C)/C(O)=C(\C#N)c3nc4ccccc4[nH]3)ccc2c1. The van der Waals surface area contributed by atoms with Gasteiger partial charge in [-0.05, 0) is 60.6 Å². The first-order valence-corrected chi connectivity index (χ1v) is 10.1. The number of aromatic nitrogens is 2. The van der Waals surface area contributed by atoms with Crippen molar-refractivity contribution in [2.45, 2.75) is 19.5 Å². The van der Waals surface area contributed by atoms with Gasteiger partial charge in [-0.2, -0.15) is 5.26 Å². The maximum atomic E-state index is 10.9. The number of nitrogens with zero attached hydrogens (tertiary/aromatic N) is 3. The Labute approximate surface area is 181 Å². The highest BCUT2D eigenvalue weighted by Crippen LogP contribution is 2.25. The standard InChI is InChI=1S/C25H24N4O2/c1-16(24(30)21(14-26)25-27-22-6-4-5-7-23(22)28-25)29(2)15-17-8-9-19-13-20(31-3)11-10-18(19)12-17/h4-13,16,30H,15H2,1-3H3,(H,27,28)/b24-21-/t16-/m1/s1. The highest BCUT2D eigenvalue weighted by Gasteiger charge is 2.21. The normalized spacial score (nSPS) is 13.3. The van der Waals surface area contributed by atoms with Crippen LogP contribution in [0, 0.1) is 11.3 Å². The highest BCUT2D eigenvalue weighted by atomic mass is 16.5. The number of rotatable bonds is 6. The van der Waals surface area contributed by atoms with Crippen LogP contribution in [0.2, 0.25) is 0 Å². The molecule has 0 saturated carbocycles. The van der Waals surface area contributed by atoms with Gasteiger partial charge in [0, 0.05) is 6.54 Å². The predicted octanol–water partition coefficient (Wildman–Crippen LogP) is 5.04. The first-order chi connectivity index (χ1) is 15.0. The summed E-state index contributed by atoms with van der Waals surface area (Å²) in [6, 6.07) is 21.5. The quantitative estimate of drug-likeness (QED) is 0.342. The topological polar surface area (TPSA) is 85.2 Å². The Bertz CT molecular complexity index is 1280. The number of ether oxygens (including phenoxy) is 1. The third kappa shape index (κ3) is 4.09. The summed E-state index contributed by atoms with van der Waals surface area (Å²) in [5, 5.41) is 22.8. The number of imidazole rings is 1. The van der Waals surface area contributed by atoms with Crippen molar-refractivity contribution in [2.24, 2.45) is 0 Å². The van der Waals surface area contributed by atoms with Crippen LogP contribution in [0.5, 0.6) is 5.75 Å². The molecule has 0 aliphatic carbocycles. The van der Waals surface area contributed by atoms with E-state index in [0.717, 1.165) is 33.1 Å². The molecule has 1 aromatic heterocycles. The number of para-hydroxylation sites is 2. The van der Waals surface area contributed by atoms with E-state index in [1.54, 1.807) is 7.11 Å². The van der Waals surface area contributed by atoms with Gasteiger partial charge >= 0.3 is 0 Å². The Kier molecular flexibility index (Phi) is 5.61. The number of hydrogen-bond acceptors (Lipinski definition) is 5. The molecule has 156 valence electrons. The van der Waals surface area contributed by atoms with E-state index in [0.29, 0.717) is 12.4 Å². The van der Waals surface area contributed by atoms with Crippen LogP contribution in [0.15, 0.2) is 66.4 Å². The van der Waals surface area contributed by atoms with Crippen LogP contribution in [0.3, 0.4) is 0 Å². The van der Waals surface area contributed by atoms with Gasteiger partial charge in [0.2, 0.25) is 0 Å². The molecule has 0 saturated heterocycles. The second kappa shape index (κ2) is 8.50.